The molecule has 0 aromatic heterocycles. The number of hydrogen-bond acceptors (Lipinski definition) is 3. The molecule has 0 bridgehead atoms. The number of benzene rings is 1. The predicted octanol–water partition coefficient (Wildman–Crippen LogP) is 2.79. The normalized spacial score (nSPS) is 19.1. The van der Waals surface area contributed by atoms with Gasteiger partial charge in [0.05, 0.1) is 17.7 Å². The highest BCUT2D eigenvalue weighted by molar-refractivity contribution is 6.32. The van der Waals surface area contributed by atoms with E-state index in [-0.39, 0.29) is 0 Å². The zero-order chi connectivity index (χ0) is 12.8. The minimum absolute atomic E-state index is 0.361. The zero-order valence-electron chi connectivity index (χ0n) is 10.5. The van der Waals surface area contributed by atoms with Gasteiger partial charge in [-0.3, -0.25) is 0 Å². The van der Waals surface area contributed by atoms with E-state index in [0.717, 1.165) is 37.2 Å². The lowest BCUT2D eigenvalue weighted by molar-refractivity contribution is 0.0904. The second-order valence-electron chi connectivity index (χ2n) is 4.58. The molecule has 0 spiro atoms. The Morgan fingerprint density at radius 2 is 2.33 bits per heavy atom. The minimum Gasteiger partial charge on any atom is -0.492 e. The van der Waals surface area contributed by atoms with Gasteiger partial charge in [0.1, 0.15) is 5.75 Å². The maximum absolute atomic E-state index is 6.16. The summed E-state index contributed by atoms with van der Waals surface area (Å²) in [6, 6.07) is 5.86. The molecule has 0 amide bonds. The van der Waals surface area contributed by atoms with Crippen LogP contribution in [0.4, 0.5) is 0 Å². The van der Waals surface area contributed by atoms with Gasteiger partial charge in [-0.25, -0.2) is 0 Å². The SMILES string of the molecule is NCCc1ccc(OCCC2CCCO2)c(Cl)c1. The van der Waals surface area contributed by atoms with Crippen LogP contribution in [0.2, 0.25) is 5.02 Å². The molecular weight excluding hydrogens is 250 g/mol. The van der Waals surface area contributed by atoms with E-state index in [0.29, 0.717) is 24.3 Å². The van der Waals surface area contributed by atoms with Crippen molar-refractivity contribution in [1.29, 1.82) is 0 Å². The van der Waals surface area contributed by atoms with E-state index in [2.05, 4.69) is 0 Å². The van der Waals surface area contributed by atoms with E-state index in [4.69, 9.17) is 26.8 Å². The van der Waals surface area contributed by atoms with Gasteiger partial charge in [0.25, 0.3) is 0 Å². The van der Waals surface area contributed by atoms with Crippen molar-refractivity contribution in [3.63, 3.8) is 0 Å². The van der Waals surface area contributed by atoms with Gasteiger partial charge in [0.2, 0.25) is 0 Å². The molecule has 3 nitrogen and oxygen atoms in total. The average Bonchev–Trinajstić information content (AvgIpc) is 2.85. The molecule has 1 aromatic rings. The summed E-state index contributed by atoms with van der Waals surface area (Å²) < 4.78 is 11.2. The van der Waals surface area contributed by atoms with Crippen LogP contribution in [-0.4, -0.2) is 25.9 Å². The fraction of sp³-hybridized carbons (Fsp3) is 0.571. The van der Waals surface area contributed by atoms with Gasteiger partial charge in [0.15, 0.2) is 0 Å². The second kappa shape index (κ2) is 6.98. The second-order valence-corrected chi connectivity index (χ2v) is 4.98. The molecule has 0 radical (unpaired) electrons. The molecule has 1 unspecified atom stereocenters. The first kappa shape index (κ1) is 13.7. The summed E-state index contributed by atoms with van der Waals surface area (Å²) in [4.78, 5) is 0. The van der Waals surface area contributed by atoms with Crippen molar-refractivity contribution < 1.29 is 9.47 Å². The van der Waals surface area contributed by atoms with E-state index in [1.807, 2.05) is 18.2 Å². The molecule has 1 fully saturated rings. The van der Waals surface area contributed by atoms with E-state index >= 15 is 0 Å². The number of rotatable bonds is 6. The Morgan fingerprint density at radius 3 is 3.00 bits per heavy atom. The first-order valence-corrected chi connectivity index (χ1v) is 6.90. The number of nitrogens with two attached hydrogens (primary N) is 1. The van der Waals surface area contributed by atoms with Crippen LogP contribution in [0.3, 0.4) is 0 Å². The first-order valence-electron chi connectivity index (χ1n) is 6.52. The van der Waals surface area contributed by atoms with Gasteiger partial charge in [-0.15, -0.1) is 0 Å². The molecule has 1 heterocycles. The maximum Gasteiger partial charge on any atom is 0.137 e. The molecule has 1 saturated heterocycles. The van der Waals surface area contributed by atoms with Crippen molar-refractivity contribution in [2.24, 2.45) is 5.73 Å². The largest absolute Gasteiger partial charge is 0.492 e. The van der Waals surface area contributed by atoms with Gasteiger partial charge in [-0.05, 0) is 43.5 Å². The third-order valence-electron chi connectivity index (χ3n) is 3.15. The van der Waals surface area contributed by atoms with Crippen LogP contribution in [0.5, 0.6) is 5.75 Å². The van der Waals surface area contributed by atoms with E-state index in [9.17, 15) is 0 Å². The molecule has 1 aliphatic heterocycles. The van der Waals surface area contributed by atoms with Crippen molar-refractivity contribution in [3.05, 3.63) is 28.8 Å². The third-order valence-corrected chi connectivity index (χ3v) is 3.45. The highest BCUT2D eigenvalue weighted by Crippen LogP contribution is 2.26. The summed E-state index contributed by atoms with van der Waals surface area (Å²) in [5.74, 6) is 0.746. The Balaban J connectivity index is 1.81. The van der Waals surface area contributed by atoms with Crippen LogP contribution in [0.15, 0.2) is 18.2 Å². The Hall–Kier alpha value is -0.770. The minimum atomic E-state index is 0.361. The summed E-state index contributed by atoms with van der Waals surface area (Å²) in [7, 11) is 0. The van der Waals surface area contributed by atoms with E-state index in [1.165, 1.54) is 6.42 Å². The van der Waals surface area contributed by atoms with Gasteiger partial charge in [-0.1, -0.05) is 17.7 Å². The molecule has 100 valence electrons. The number of halogens is 1. The maximum atomic E-state index is 6.16. The average molecular weight is 270 g/mol. The quantitative estimate of drug-likeness (QED) is 0.864. The summed E-state index contributed by atoms with van der Waals surface area (Å²) >= 11 is 6.16. The van der Waals surface area contributed by atoms with Crippen LogP contribution in [-0.2, 0) is 11.2 Å². The van der Waals surface area contributed by atoms with Crippen molar-refractivity contribution >= 4 is 11.6 Å². The van der Waals surface area contributed by atoms with Crippen molar-refractivity contribution in [3.8, 4) is 5.75 Å². The molecule has 1 aromatic carbocycles. The molecule has 1 aliphatic rings. The standard InChI is InChI=1S/C14H20ClNO2/c15-13-10-11(5-7-16)3-4-14(13)18-9-6-12-2-1-8-17-12/h3-4,10,12H,1-2,5-9,16H2. The van der Waals surface area contributed by atoms with Gasteiger partial charge in [0, 0.05) is 13.0 Å². The lowest BCUT2D eigenvalue weighted by Gasteiger charge is -2.12. The summed E-state index contributed by atoms with van der Waals surface area (Å²) in [5.41, 5.74) is 6.66. The molecule has 2 rings (SSSR count). The number of ether oxygens (including phenoxy) is 2. The molecule has 0 aliphatic carbocycles. The van der Waals surface area contributed by atoms with E-state index in [1.54, 1.807) is 0 Å². The molecular formula is C14H20ClNO2. The summed E-state index contributed by atoms with van der Waals surface area (Å²) in [5, 5.41) is 0.660. The van der Waals surface area contributed by atoms with Crippen LogP contribution in [0.1, 0.15) is 24.8 Å². The Labute approximate surface area is 113 Å². The van der Waals surface area contributed by atoms with Gasteiger partial charge in [-0.2, -0.15) is 0 Å². The predicted molar refractivity (Wildman–Crippen MR) is 73.3 cm³/mol. The molecule has 4 heteroatoms. The van der Waals surface area contributed by atoms with Crippen molar-refractivity contribution in [2.45, 2.75) is 31.8 Å². The summed E-state index contributed by atoms with van der Waals surface area (Å²) in [6.45, 7) is 2.18. The Bertz CT molecular complexity index is 378. The lowest BCUT2D eigenvalue weighted by Crippen LogP contribution is -2.11. The molecule has 1 atom stereocenters. The lowest BCUT2D eigenvalue weighted by atomic mass is 10.1. The fourth-order valence-corrected chi connectivity index (χ4v) is 2.41. The van der Waals surface area contributed by atoms with Crippen molar-refractivity contribution in [2.75, 3.05) is 19.8 Å². The first-order chi connectivity index (χ1) is 8.79. The monoisotopic (exact) mass is 269 g/mol. The number of hydrogen-bond donors (Lipinski definition) is 1. The molecule has 2 N–H and O–H groups in total. The smallest absolute Gasteiger partial charge is 0.137 e. The summed E-state index contributed by atoms with van der Waals surface area (Å²) in [6.07, 6.45) is 4.45. The van der Waals surface area contributed by atoms with Crippen LogP contribution >= 0.6 is 11.6 Å². The highest BCUT2D eigenvalue weighted by atomic mass is 35.5. The van der Waals surface area contributed by atoms with Gasteiger partial charge >= 0.3 is 0 Å². The Kier molecular flexibility index (Phi) is 5.29. The molecule has 18 heavy (non-hydrogen) atoms. The van der Waals surface area contributed by atoms with Crippen LogP contribution in [0.25, 0.3) is 0 Å². The van der Waals surface area contributed by atoms with Crippen LogP contribution < -0.4 is 10.5 Å². The zero-order valence-corrected chi connectivity index (χ0v) is 11.3. The topological polar surface area (TPSA) is 44.5 Å². The third kappa shape index (κ3) is 3.87. The molecule has 0 saturated carbocycles. The fourth-order valence-electron chi connectivity index (χ4n) is 2.16. The van der Waals surface area contributed by atoms with Crippen molar-refractivity contribution in [1.82, 2.24) is 0 Å². The highest BCUT2D eigenvalue weighted by Gasteiger charge is 2.15. The van der Waals surface area contributed by atoms with E-state index < -0.39 is 0 Å². The van der Waals surface area contributed by atoms with Gasteiger partial charge < -0.3 is 15.2 Å². The van der Waals surface area contributed by atoms with Crippen LogP contribution in [0, 0.1) is 0 Å². The Morgan fingerprint density at radius 1 is 1.44 bits per heavy atom.